The molecule has 2 nitrogen and oxygen atoms in total. The maximum Gasteiger partial charge on any atom is 0.120 e. The second-order valence-electron chi connectivity index (χ2n) is 5.17. The first kappa shape index (κ1) is 15.3. The Balaban J connectivity index is 1.87. The third kappa shape index (κ3) is 6.85. The summed E-state index contributed by atoms with van der Waals surface area (Å²) in [5.74, 6) is 1.04. The molecule has 0 aliphatic carbocycles. The third-order valence-corrected chi connectivity index (χ3v) is 3.45. The van der Waals surface area contributed by atoms with Crippen molar-refractivity contribution < 1.29 is 4.42 Å². The minimum atomic E-state index is 0.338. The van der Waals surface area contributed by atoms with Gasteiger partial charge in [-0.2, -0.15) is 0 Å². The van der Waals surface area contributed by atoms with E-state index in [1.165, 1.54) is 51.4 Å². The number of unbranched alkanes of at least 4 members (excludes halogenated alkanes) is 7. The van der Waals surface area contributed by atoms with Gasteiger partial charge >= 0.3 is 0 Å². The summed E-state index contributed by atoms with van der Waals surface area (Å²) in [4.78, 5) is 0. The molecule has 1 atom stereocenters. The van der Waals surface area contributed by atoms with Crippen molar-refractivity contribution in [3.05, 3.63) is 24.2 Å². The normalized spacial score (nSPS) is 12.8. The molecule has 0 amide bonds. The average molecular weight is 251 g/mol. The molecule has 0 saturated heterocycles. The summed E-state index contributed by atoms with van der Waals surface area (Å²) in [6.07, 6.45) is 12.8. The maximum absolute atomic E-state index is 5.37. The minimum absolute atomic E-state index is 0.338. The highest BCUT2D eigenvalue weighted by molar-refractivity contribution is 5.02. The summed E-state index contributed by atoms with van der Waals surface area (Å²) < 4.78 is 5.37. The zero-order chi connectivity index (χ0) is 13.1. The molecule has 1 heterocycles. The number of nitrogens with one attached hydrogen (secondary N) is 1. The van der Waals surface area contributed by atoms with E-state index < -0.39 is 0 Å². The van der Waals surface area contributed by atoms with E-state index in [2.05, 4.69) is 19.2 Å². The lowest BCUT2D eigenvalue weighted by atomic mass is 10.1. The number of rotatable bonds is 11. The fourth-order valence-electron chi connectivity index (χ4n) is 2.22. The van der Waals surface area contributed by atoms with E-state index >= 15 is 0 Å². The first-order valence-electron chi connectivity index (χ1n) is 7.61. The van der Waals surface area contributed by atoms with Gasteiger partial charge in [-0.3, -0.25) is 0 Å². The molecule has 0 aromatic carbocycles. The smallest absolute Gasteiger partial charge is 0.120 e. The van der Waals surface area contributed by atoms with Crippen LogP contribution in [-0.4, -0.2) is 6.54 Å². The van der Waals surface area contributed by atoms with Gasteiger partial charge in [0.25, 0.3) is 0 Å². The zero-order valence-corrected chi connectivity index (χ0v) is 12.1. The van der Waals surface area contributed by atoms with Gasteiger partial charge < -0.3 is 9.73 Å². The molecule has 1 N–H and O–H groups in total. The SMILES string of the molecule is CCCCCCCCCCNC(C)c1ccco1. The summed E-state index contributed by atoms with van der Waals surface area (Å²) in [6, 6.07) is 4.32. The largest absolute Gasteiger partial charge is 0.468 e. The van der Waals surface area contributed by atoms with E-state index in [4.69, 9.17) is 4.42 Å². The standard InChI is InChI=1S/C16H29NO/c1-3-4-5-6-7-8-9-10-13-17-15(2)16-12-11-14-18-16/h11-12,14-15,17H,3-10,13H2,1-2H3. The van der Waals surface area contributed by atoms with Crippen molar-refractivity contribution in [3.63, 3.8) is 0 Å². The van der Waals surface area contributed by atoms with E-state index in [0.717, 1.165) is 12.3 Å². The predicted molar refractivity (Wildman–Crippen MR) is 77.7 cm³/mol. The van der Waals surface area contributed by atoms with Crippen LogP contribution in [0.25, 0.3) is 0 Å². The lowest BCUT2D eigenvalue weighted by Crippen LogP contribution is -2.19. The van der Waals surface area contributed by atoms with Crippen molar-refractivity contribution in [2.45, 2.75) is 71.3 Å². The van der Waals surface area contributed by atoms with Gasteiger partial charge in [0.1, 0.15) is 5.76 Å². The Bertz CT molecular complexity index is 269. The van der Waals surface area contributed by atoms with Crippen molar-refractivity contribution in [1.29, 1.82) is 0 Å². The van der Waals surface area contributed by atoms with Crippen LogP contribution in [0.5, 0.6) is 0 Å². The van der Waals surface area contributed by atoms with Crippen LogP contribution in [0.3, 0.4) is 0 Å². The minimum Gasteiger partial charge on any atom is -0.468 e. The molecule has 2 heteroatoms. The molecule has 0 spiro atoms. The fraction of sp³-hybridized carbons (Fsp3) is 0.750. The van der Waals surface area contributed by atoms with Crippen LogP contribution in [0.15, 0.2) is 22.8 Å². The van der Waals surface area contributed by atoms with Crippen LogP contribution in [0.4, 0.5) is 0 Å². The van der Waals surface area contributed by atoms with Crippen molar-refractivity contribution in [2.75, 3.05) is 6.54 Å². The average Bonchev–Trinajstić information content (AvgIpc) is 2.90. The number of furan rings is 1. The lowest BCUT2D eigenvalue weighted by Gasteiger charge is -2.10. The number of hydrogen-bond acceptors (Lipinski definition) is 2. The van der Waals surface area contributed by atoms with Gasteiger partial charge in [-0.1, -0.05) is 51.9 Å². The topological polar surface area (TPSA) is 25.2 Å². The predicted octanol–water partition coefficient (Wildman–Crippen LogP) is 5.07. The molecule has 0 saturated carbocycles. The Morgan fingerprint density at radius 1 is 1.06 bits per heavy atom. The van der Waals surface area contributed by atoms with Crippen LogP contribution >= 0.6 is 0 Å². The summed E-state index contributed by atoms with van der Waals surface area (Å²) in [5, 5.41) is 3.50. The molecular weight excluding hydrogens is 222 g/mol. The molecular formula is C16H29NO. The molecule has 1 rings (SSSR count). The molecule has 18 heavy (non-hydrogen) atoms. The molecule has 1 aromatic heterocycles. The Labute approximate surface area is 112 Å². The maximum atomic E-state index is 5.37. The van der Waals surface area contributed by atoms with Crippen LogP contribution in [0.2, 0.25) is 0 Å². The monoisotopic (exact) mass is 251 g/mol. The lowest BCUT2D eigenvalue weighted by molar-refractivity contribution is 0.425. The van der Waals surface area contributed by atoms with Crippen molar-refractivity contribution in [1.82, 2.24) is 5.32 Å². The van der Waals surface area contributed by atoms with E-state index in [0.29, 0.717) is 6.04 Å². The van der Waals surface area contributed by atoms with Gasteiger partial charge in [0.05, 0.1) is 12.3 Å². The summed E-state index contributed by atoms with van der Waals surface area (Å²) >= 11 is 0. The molecule has 0 aliphatic rings. The Kier molecular flexibility index (Phi) is 8.66. The molecule has 1 aromatic rings. The molecule has 0 radical (unpaired) electrons. The van der Waals surface area contributed by atoms with E-state index in [1.54, 1.807) is 6.26 Å². The van der Waals surface area contributed by atoms with E-state index in [-0.39, 0.29) is 0 Å². The van der Waals surface area contributed by atoms with Gasteiger partial charge in [-0.05, 0) is 32.0 Å². The fourth-order valence-corrected chi connectivity index (χ4v) is 2.22. The van der Waals surface area contributed by atoms with E-state index in [9.17, 15) is 0 Å². The van der Waals surface area contributed by atoms with Gasteiger partial charge in [-0.15, -0.1) is 0 Å². The number of hydrogen-bond donors (Lipinski definition) is 1. The van der Waals surface area contributed by atoms with Gasteiger partial charge in [0, 0.05) is 0 Å². The Morgan fingerprint density at radius 2 is 1.72 bits per heavy atom. The van der Waals surface area contributed by atoms with Gasteiger partial charge in [0.15, 0.2) is 0 Å². The Hall–Kier alpha value is -0.760. The van der Waals surface area contributed by atoms with Crippen molar-refractivity contribution >= 4 is 0 Å². The summed E-state index contributed by atoms with van der Waals surface area (Å²) in [6.45, 7) is 5.52. The second-order valence-corrected chi connectivity index (χ2v) is 5.17. The van der Waals surface area contributed by atoms with Crippen LogP contribution in [0, 0.1) is 0 Å². The first-order valence-corrected chi connectivity index (χ1v) is 7.61. The highest BCUT2D eigenvalue weighted by Gasteiger charge is 2.05. The second kappa shape index (κ2) is 10.2. The zero-order valence-electron chi connectivity index (χ0n) is 12.1. The van der Waals surface area contributed by atoms with Gasteiger partial charge in [-0.25, -0.2) is 0 Å². The van der Waals surface area contributed by atoms with Crippen LogP contribution in [-0.2, 0) is 0 Å². The molecule has 0 aliphatic heterocycles. The first-order chi connectivity index (χ1) is 8.84. The van der Waals surface area contributed by atoms with Gasteiger partial charge in [0.2, 0.25) is 0 Å². The highest BCUT2D eigenvalue weighted by atomic mass is 16.3. The highest BCUT2D eigenvalue weighted by Crippen LogP contribution is 2.12. The van der Waals surface area contributed by atoms with Crippen LogP contribution < -0.4 is 5.32 Å². The van der Waals surface area contributed by atoms with Crippen LogP contribution in [0.1, 0.15) is 77.0 Å². The molecule has 0 bridgehead atoms. The van der Waals surface area contributed by atoms with Crippen molar-refractivity contribution in [2.24, 2.45) is 0 Å². The Morgan fingerprint density at radius 3 is 2.33 bits per heavy atom. The molecule has 1 unspecified atom stereocenters. The summed E-state index contributed by atoms with van der Waals surface area (Å²) in [7, 11) is 0. The molecule has 0 fully saturated rings. The van der Waals surface area contributed by atoms with E-state index in [1.807, 2.05) is 12.1 Å². The molecule has 104 valence electrons. The van der Waals surface area contributed by atoms with Crippen molar-refractivity contribution in [3.8, 4) is 0 Å². The third-order valence-electron chi connectivity index (χ3n) is 3.45. The quantitative estimate of drug-likeness (QED) is 0.555. The summed E-state index contributed by atoms with van der Waals surface area (Å²) in [5.41, 5.74) is 0.